The van der Waals surface area contributed by atoms with Crippen molar-refractivity contribution in [1.82, 2.24) is 5.32 Å². The van der Waals surface area contributed by atoms with Gasteiger partial charge in [-0.1, -0.05) is 12.8 Å². The standard InChI is InChI=1S/C14H21NO3/c1-9-7-12(10(2)18-9)14(17)15-8-13(16)11-5-3-4-6-11/h7,11,13,16H,3-6,8H2,1-2H3,(H,15,17). The molecule has 1 atom stereocenters. The topological polar surface area (TPSA) is 62.5 Å². The molecule has 1 amide bonds. The van der Waals surface area contributed by atoms with Crippen molar-refractivity contribution in [2.24, 2.45) is 5.92 Å². The molecule has 0 spiro atoms. The van der Waals surface area contributed by atoms with Crippen molar-refractivity contribution in [3.05, 3.63) is 23.2 Å². The zero-order valence-electron chi connectivity index (χ0n) is 11.0. The average molecular weight is 251 g/mol. The zero-order valence-corrected chi connectivity index (χ0v) is 11.0. The molecule has 1 fully saturated rings. The van der Waals surface area contributed by atoms with E-state index in [4.69, 9.17) is 4.42 Å². The Bertz CT molecular complexity index is 419. The summed E-state index contributed by atoms with van der Waals surface area (Å²) in [6, 6.07) is 1.73. The Morgan fingerprint density at radius 1 is 1.50 bits per heavy atom. The number of aryl methyl sites for hydroxylation is 2. The van der Waals surface area contributed by atoms with Crippen molar-refractivity contribution in [3.63, 3.8) is 0 Å². The largest absolute Gasteiger partial charge is 0.466 e. The van der Waals surface area contributed by atoms with Crippen molar-refractivity contribution in [3.8, 4) is 0 Å². The summed E-state index contributed by atoms with van der Waals surface area (Å²) in [6.45, 7) is 3.92. The molecule has 1 heterocycles. The van der Waals surface area contributed by atoms with Gasteiger partial charge in [-0.3, -0.25) is 4.79 Å². The lowest BCUT2D eigenvalue weighted by atomic mass is 10.0. The number of carbonyl (C=O) groups is 1. The molecule has 2 rings (SSSR count). The van der Waals surface area contributed by atoms with Crippen LogP contribution >= 0.6 is 0 Å². The van der Waals surface area contributed by atoms with Crippen LogP contribution in [0.5, 0.6) is 0 Å². The minimum atomic E-state index is -0.426. The summed E-state index contributed by atoms with van der Waals surface area (Å²) in [4.78, 5) is 11.9. The van der Waals surface area contributed by atoms with Gasteiger partial charge in [-0.15, -0.1) is 0 Å². The molecule has 0 aromatic carbocycles. The van der Waals surface area contributed by atoms with Gasteiger partial charge in [-0.2, -0.15) is 0 Å². The van der Waals surface area contributed by atoms with E-state index in [1.54, 1.807) is 13.0 Å². The van der Waals surface area contributed by atoms with Gasteiger partial charge in [0, 0.05) is 6.54 Å². The van der Waals surface area contributed by atoms with E-state index in [9.17, 15) is 9.90 Å². The first kappa shape index (κ1) is 13.1. The van der Waals surface area contributed by atoms with E-state index in [2.05, 4.69) is 5.32 Å². The summed E-state index contributed by atoms with van der Waals surface area (Å²) < 4.78 is 5.32. The van der Waals surface area contributed by atoms with Crippen molar-refractivity contribution in [2.45, 2.75) is 45.6 Å². The van der Waals surface area contributed by atoms with E-state index in [0.29, 0.717) is 23.8 Å². The molecule has 1 aromatic rings. The summed E-state index contributed by atoms with van der Waals surface area (Å²) >= 11 is 0. The maximum Gasteiger partial charge on any atom is 0.254 e. The monoisotopic (exact) mass is 251 g/mol. The first-order chi connectivity index (χ1) is 8.58. The first-order valence-corrected chi connectivity index (χ1v) is 6.61. The fourth-order valence-corrected chi connectivity index (χ4v) is 2.66. The van der Waals surface area contributed by atoms with Crippen LogP contribution in [0.1, 0.15) is 47.6 Å². The quantitative estimate of drug-likeness (QED) is 0.862. The van der Waals surface area contributed by atoms with Gasteiger partial charge in [0.2, 0.25) is 0 Å². The average Bonchev–Trinajstić information content (AvgIpc) is 2.95. The lowest BCUT2D eigenvalue weighted by Crippen LogP contribution is -2.35. The van der Waals surface area contributed by atoms with Crippen LogP contribution in [0.15, 0.2) is 10.5 Å². The highest BCUT2D eigenvalue weighted by Gasteiger charge is 2.24. The third kappa shape index (κ3) is 2.93. The van der Waals surface area contributed by atoms with Crippen LogP contribution in [-0.4, -0.2) is 23.7 Å². The second kappa shape index (κ2) is 5.57. The van der Waals surface area contributed by atoms with E-state index >= 15 is 0 Å². The number of nitrogens with one attached hydrogen (secondary N) is 1. The highest BCUT2D eigenvalue weighted by molar-refractivity contribution is 5.95. The van der Waals surface area contributed by atoms with Gasteiger partial charge in [0.15, 0.2) is 0 Å². The van der Waals surface area contributed by atoms with Gasteiger partial charge in [0.05, 0.1) is 11.7 Å². The molecule has 0 aliphatic heterocycles. The highest BCUT2D eigenvalue weighted by atomic mass is 16.3. The number of rotatable bonds is 4. The number of furan rings is 1. The summed E-state index contributed by atoms with van der Waals surface area (Å²) in [5.74, 6) is 1.54. The van der Waals surface area contributed by atoms with Crippen LogP contribution in [-0.2, 0) is 0 Å². The molecular formula is C14H21NO3. The predicted octanol–water partition coefficient (Wildman–Crippen LogP) is 2.18. The molecule has 100 valence electrons. The van der Waals surface area contributed by atoms with E-state index in [1.165, 1.54) is 12.8 Å². The Labute approximate surface area is 107 Å². The molecule has 0 radical (unpaired) electrons. The molecule has 4 nitrogen and oxygen atoms in total. The molecular weight excluding hydrogens is 230 g/mol. The van der Waals surface area contributed by atoms with Crippen LogP contribution in [0.2, 0.25) is 0 Å². The molecule has 4 heteroatoms. The normalized spacial score (nSPS) is 17.9. The third-order valence-corrected chi connectivity index (χ3v) is 3.70. The van der Waals surface area contributed by atoms with Gasteiger partial charge in [0.25, 0.3) is 5.91 Å². The van der Waals surface area contributed by atoms with Gasteiger partial charge in [-0.05, 0) is 38.7 Å². The SMILES string of the molecule is Cc1cc(C(=O)NCC(O)C2CCCC2)c(C)o1. The number of hydrogen-bond donors (Lipinski definition) is 2. The van der Waals surface area contributed by atoms with E-state index in [1.807, 2.05) is 6.92 Å². The maximum atomic E-state index is 11.9. The second-order valence-electron chi connectivity index (χ2n) is 5.15. The minimum absolute atomic E-state index is 0.165. The lowest BCUT2D eigenvalue weighted by Gasteiger charge is -2.17. The van der Waals surface area contributed by atoms with Crippen molar-refractivity contribution >= 4 is 5.91 Å². The molecule has 0 saturated heterocycles. The van der Waals surface area contributed by atoms with Crippen LogP contribution < -0.4 is 5.32 Å². The molecule has 1 aliphatic carbocycles. The molecule has 0 bridgehead atoms. The molecule has 18 heavy (non-hydrogen) atoms. The van der Waals surface area contributed by atoms with Crippen LogP contribution in [0.4, 0.5) is 0 Å². The van der Waals surface area contributed by atoms with Crippen LogP contribution in [0.25, 0.3) is 0 Å². The summed E-state index contributed by atoms with van der Waals surface area (Å²) in [7, 11) is 0. The molecule has 1 unspecified atom stereocenters. The Hall–Kier alpha value is -1.29. The number of aliphatic hydroxyl groups excluding tert-OH is 1. The number of aliphatic hydroxyl groups is 1. The van der Waals surface area contributed by atoms with Crippen molar-refractivity contribution in [1.29, 1.82) is 0 Å². The Morgan fingerprint density at radius 3 is 2.72 bits per heavy atom. The summed E-state index contributed by atoms with van der Waals surface area (Å²) in [6.07, 6.45) is 4.09. The fourth-order valence-electron chi connectivity index (χ4n) is 2.66. The maximum absolute atomic E-state index is 11.9. The van der Waals surface area contributed by atoms with Crippen molar-refractivity contribution < 1.29 is 14.3 Å². The molecule has 1 aromatic heterocycles. The van der Waals surface area contributed by atoms with E-state index in [-0.39, 0.29) is 5.91 Å². The van der Waals surface area contributed by atoms with Crippen LogP contribution in [0.3, 0.4) is 0 Å². The highest BCUT2D eigenvalue weighted by Crippen LogP contribution is 2.27. The lowest BCUT2D eigenvalue weighted by molar-refractivity contribution is 0.0839. The minimum Gasteiger partial charge on any atom is -0.466 e. The molecule has 2 N–H and O–H groups in total. The van der Waals surface area contributed by atoms with E-state index < -0.39 is 6.10 Å². The smallest absolute Gasteiger partial charge is 0.254 e. The first-order valence-electron chi connectivity index (χ1n) is 6.61. The Morgan fingerprint density at radius 2 is 2.17 bits per heavy atom. The van der Waals surface area contributed by atoms with Crippen LogP contribution in [0, 0.1) is 19.8 Å². The number of amides is 1. The van der Waals surface area contributed by atoms with Gasteiger partial charge < -0.3 is 14.8 Å². The predicted molar refractivity (Wildman–Crippen MR) is 68.5 cm³/mol. The Balaban J connectivity index is 1.86. The summed E-state index contributed by atoms with van der Waals surface area (Å²) in [5, 5.41) is 12.8. The zero-order chi connectivity index (χ0) is 13.1. The van der Waals surface area contributed by atoms with Crippen molar-refractivity contribution in [2.75, 3.05) is 6.54 Å². The van der Waals surface area contributed by atoms with Gasteiger partial charge in [0.1, 0.15) is 11.5 Å². The molecule has 1 aliphatic rings. The third-order valence-electron chi connectivity index (χ3n) is 3.70. The molecule has 1 saturated carbocycles. The van der Waals surface area contributed by atoms with Gasteiger partial charge in [-0.25, -0.2) is 0 Å². The number of hydrogen-bond acceptors (Lipinski definition) is 3. The van der Waals surface area contributed by atoms with Gasteiger partial charge >= 0.3 is 0 Å². The van der Waals surface area contributed by atoms with E-state index in [0.717, 1.165) is 18.6 Å². The number of carbonyl (C=O) groups excluding carboxylic acids is 1. The Kier molecular flexibility index (Phi) is 4.07. The summed E-state index contributed by atoms with van der Waals surface area (Å²) in [5.41, 5.74) is 0.561. The second-order valence-corrected chi connectivity index (χ2v) is 5.15. The fraction of sp³-hybridized carbons (Fsp3) is 0.643.